The van der Waals surface area contributed by atoms with Gasteiger partial charge in [0.15, 0.2) is 0 Å². The molecule has 0 aromatic heterocycles. The van der Waals surface area contributed by atoms with Crippen molar-refractivity contribution in [2.45, 2.75) is 63.0 Å². The zero-order valence-electron chi connectivity index (χ0n) is 25.8. The highest BCUT2D eigenvalue weighted by molar-refractivity contribution is 6.42. The van der Waals surface area contributed by atoms with Crippen molar-refractivity contribution in [2.24, 2.45) is 0 Å². The average molecular weight is 658 g/mol. The summed E-state index contributed by atoms with van der Waals surface area (Å²) >= 11 is 12.3. The first-order valence-electron chi connectivity index (χ1n) is 15.9. The second-order valence-electron chi connectivity index (χ2n) is 12.7. The van der Waals surface area contributed by atoms with Gasteiger partial charge in [0.1, 0.15) is 18.6 Å². The van der Waals surface area contributed by atoms with E-state index >= 15 is 0 Å². The maximum absolute atomic E-state index is 13.9. The average Bonchev–Trinajstić information content (AvgIpc) is 3.05. The second kappa shape index (κ2) is 13.8. The number of halogens is 2. The third kappa shape index (κ3) is 6.81. The van der Waals surface area contributed by atoms with Crippen LogP contribution in [0.4, 0.5) is 15.3 Å². The number of piperidine rings is 2. The molecule has 2 aromatic rings. The Hall–Kier alpha value is -2.89. The first-order chi connectivity index (χ1) is 21.8. The quantitative estimate of drug-likeness (QED) is 0.413. The number of benzene rings is 2. The number of urea groups is 1. The SMILES string of the molecule is CN1CCC(N2CCN([C@]3(CC=O)C[C@H](N4Cc5ccccc5NC4=O)CCN3C(=O)OCc3ccc(Cl)c(Cl)c3)CC2)CC1. The van der Waals surface area contributed by atoms with Gasteiger partial charge in [0.2, 0.25) is 0 Å². The monoisotopic (exact) mass is 656 g/mol. The first-order valence-corrected chi connectivity index (χ1v) is 16.7. The van der Waals surface area contributed by atoms with Crippen LogP contribution in [-0.4, -0.2) is 114 Å². The van der Waals surface area contributed by atoms with Gasteiger partial charge in [-0.05, 0) is 68.7 Å². The van der Waals surface area contributed by atoms with Gasteiger partial charge in [-0.25, -0.2) is 9.59 Å². The Morgan fingerprint density at radius 3 is 2.44 bits per heavy atom. The number of carbonyl (C=O) groups excluding carboxylic acids is 3. The molecule has 4 heterocycles. The highest BCUT2D eigenvalue weighted by Gasteiger charge is 2.52. The van der Waals surface area contributed by atoms with Gasteiger partial charge in [-0.3, -0.25) is 14.7 Å². The van der Waals surface area contributed by atoms with Gasteiger partial charge in [0.25, 0.3) is 0 Å². The van der Waals surface area contributed by atoms with E-state index in [4.69, 9.17) is 27.9 Å². The van der Waals surface area contributed by atoms with Crippen LogP contribution in [0.5, 0.6) is 0 Å². The molecule has 4 aliphatic rings. The number of rotatable bonds is 7. The predicted molar refractivity (Wildman–Crippen MR) is 174 cm³/mol. The number of hydrogen-bond acceptors (Lipinski definition) is 7. The molecule has 0 bridgehead atoms. The number of likely N-dealkylation sites (tertiary alicyclic amines) is 2. The second-order valence-corrected chi connectivity index (χ2v) is 13.5. The third-order valence-electron chi connectivity index (χ3n) is 10.1. The molecule has 12 heteroatoms. The number of para-hydroxylation sites is 1. The van der Waals surface area contributed by atoms with Gasteiger partial charge in [-0.1, -0.05) is 47.5 Å². The van der Waals surface area contributed by atoms with Crippen molar-refractivity contribution in [3.63, 3.8) is 0 Å². The van der Waals surface area contributed by atoms with Crippen LogP contribution < -0.4 is 5.32 Å². The minimum absolute atomic E-state index is 0.0298. The maximum atomic E-state index is 13.9. The number of nitrogens with zero attached hydrogens (tertiary/aromatic N) is 5. The molecule has 0 spiro atoms. The van der Waals surface area contributed by atoms with Crippen LogP contribution in [0.3, 0.4) is 0 Å². The van der Waals surface area contributed by atoms with Crippen LogP contribution >= 0.6 is 23.2 Å². The molecule has 3 fully saturated rings. The number of aldehydes is 1. The minimum atomic E-state index is -0.921. The molecule has 0 radical (unpaired) electrons. The lowest BCUT2D eigenvalue weighted by Crippen LogP contribution is -2.71. The molecular weight excluding hydrogens is 615 g/mol. The molecule has 10 nitrogen and oxygen atoms in total. The number of ether oxygens (including phenoxy) is 1. The van der Waals surface area contributed by atoms with Crippen LogP contribution in [0.1, 0.15) is 43.2 Å². The van der Waals surface area contributed by atoms with E-state index < -0.39 is 11.8 Å². The number of fused-ring (bicyclic) bond motifs is 1. The first kappa shape index (κ1) is 32.1. The van der Waals surface area contributed by atoms with Crippen LogP contribution in [0.15, 0.2) is 42.5 Å². The highest BCUT2D eigenvalue weighted by atomic mass is 35.5. The standard InChI is InChI=1S/C33H42Cl2N6O4/c1-37-12-8-26(9-13-37)38-15-17-39(18-16-38)33(11-19-42)21-27(40-22-25-4-2-3-5-30(25)36-31(40)43)10-14-41(33)32(44)45-23-24-6-7-28(34)29(35)20-24/h2-7,19-20,26-27H,8-18,21-23H2,1H3,(H,36,43)/t27-,33+/m1/s1. The molecule has 1 N–H and O–H groups in total. The van der Waals surface area contributed by atoms with Crippen molar-refractivity contribution in [1.29, 1.82) is 0 Å². The lowest BCUT2D eigenvalue weighted by Gasteiger charge is -2.57. The predicted octanol–water partition coefficient (Wildman–Crippen LogP) is 5.14. The molecule has 2 atom stereocenters. The zero-order chi connectivity index (χ0) is 31.6. The lowest BCUT2D eigenvalue weighted by atomic mass is 9.85. The molecule has 0 saturated carbocycles. The van der Waals surface area contributed by atoms with Gasteiger partial charge in [0, 0.05) is 69.9 Å². The van der Waals surface area contributed by atoms with Crippen LogP contribution in [0.2, 0.25) is 10.0 Å². The van der Waals surface area contributed by atoms with Crippen molar-refractivity contribution in [3.8, 4) is 0 Å². The molecule has 4 aliphatic heterocycles. The fraction of sp³-hybridized carbons (Fsp3) is 0.545. The normalized spacial score (nSPS) is 25.5. The Kier molecular flexibility index (Phi) is 9.87. The van der Waals surface area contributed by atoms with Gasteiger partial charge < -0.3 is 24.6 Å². The van der Waals surface area contributed by atoms with Gasteiger partial charge in [-0.2, -0.15) is 0 Å². The van der Waals surface area contributed by atoms with Gasteiger partial charge in [-0.15, -0.1) is 0 Å². The van der Waals surface area contributed by atoms with E-state index in [2.05, 4.69) is 27.1 Å². The molecule has 3 amide bonds. The molecule has 0 unspecified atom stereocenters. The highest BCUT2D eigenvalue weighted by Crippen LogP contribution is 2.40. The number of anilines is 1. The van der Waals surface area contributed by atoms with E-state index in [0.717, 1.165) is 75.2 Å². The van der Waals surface area contributed by atoms with E-state index in [1.165, 1.54) is 0 Å². The summed E-state index contributed by atoms with van der Waals surface area (Å²) < 4.78 is 5.86. The number of carbonyl (C=O) groups is 3. The smallest absolute Gasteiger partial charge is 0.411 e. The van der Waals surface area contributed by atoms with Crippen LogP contribution in [-0.2, 0) is 22.7 Å². The van der Waals surface area contributed by atoms with Crippen molar-refractivity contribution < 1.29 is 19.1 Å². The summed E-state index contributed by atoms with van der Waals surface area (Å²) in [4.78, 5) is 50.6. The summed E-state index contributed by atoms with van der Waals surface area (Å²) in [7, 11) is 2.17. The number of hydrogen-bond donors (Lipinski definition) is 1. The number of nitrogens with one attached hydrogen (secondary N) is 1. The molecule has 45 heavy (non-hydrogen) atoms. The lowest BCUT2D eigenvalue weighted by molar-refractivity contribution is -0.130. The van der Waals surface area contributed by atoms with Gasteiger partial charge >= 0.3 is 12.1 Å². The maximum Gasteiger partial charge on any atom is 0.411 e. The largest absolute Gasteiger partial charge is 0.444 e. The van der Waals surface area contributed by atoms with E-state index in [-0.39, 0.29) is 25.1 Å². The topological polar surface area (TPSA) is 88.7 Å². The fourth-order valence-corrected chi connectivity index (χ4v) is 7.91. The Labute approximate surface area is 275 Å². The molecule has 2 aromatic carbocycles. The Balaban J connectivity index is 1.24. The summed E-state index contributed by atoms with van der Waals surface area (Å²) in [5.74, 6) is 0. The van der Waals surface area contributed by atoms with Crippen molar-refractivity contribution in [2.75, 3.05) is 58.2 Å². The number of amides is 3. The molecular formula is C33H42Cl2N6O4. The minimum Gasteiger partial charge on any atom is -0.444 e. The summed E-state index contributed by atoms with van der Waals surface area (Å²) in [5.41, 5.74) is 1.68. The molecule has 0 aliphatic carbocycles. The fourth-order valence-electron chi connectivity index (χ4n) is 7.59. The van der Waals surface area contributed by atoms with Crippen molar-refractivity contribution in [3.05, 3.63) is 63.6 Å². The third-order valence-corrected chi connectivity index (χ3v) is 10.9. The van der Waals surface area contributed by atoms with E-state index in [1.54, 1.807) is 23.1 Å². The van der Waals surface area contributed by atoms with Crippen molar-refractivity contribution in [1.82, 2.24) is 24.5 Å². The van der Waals surface area contributed by atoms with E-state index in [9.17, 15) is 14.4 Å². The Morgan fingerprint density at radius 1 is 0.978 bits per heavy atom. The van der Waals surface area contributed by atoms with E-state index in [0.29, 0.717) is 42.0 Å². The number of piperazine rings is 1. The van der Waals surface area contributed by atoms with Crippen molar-refractivity contribution >= 4 is 47.3 Å². The molecule has 3 saturated heterocycles. The summed E-state index contributed by atoms with van der Waals surface area (Å²) in [5, 5.41) is 3.87. The zero-order valence-corrected chi connectivity index (χ0v) is 27.3. The van der Waals surface area contributed by atoms with Crippen LogP contribution in [0.25, 0.3) is 0 Å². The summed E-state index contributed by atoms with van der Waals surface area (Å²) in [6, 6.07) is 13.2. The van der Waals surface area contributed by atoms with Gasteiger partial charge in [0.05, 0.1) is 10.0 Å². The van der Waals surface area contributed by atoms with Crippen LogP contribution in [0, 0.1) is 0 Å². The molecule has 242 valence electrons. The summed E-state index contributed by atoms with van der Waals surface area (Å²) in [6.45, 7) is 6.24. The Bertz CT molecular complexity index is 1400. The molecule has 6 rings (SSSR count). The Morgan fingerprint density at radius 2 is 1.71 bits per heavy atom. The van der Waals surface area contributed by atoms with E-state index in [1.807, 2.05) is 29.2 Å². The summed E-state index contributed by atoms with van der Waals surface area (Å²) in [6.07, 6.45) is 3.90.